The molecule has 1 aliphatic heterocycles. The number of anilines is 1. The van der Waals surface area contributed by atoms with Gasteiger partial charge in [-0.1, -0.05) is 18.2 Å². The van der Waals surface area contributed by atoms with Gasteiger partial charge in [-0.05, 0) is 45.2 Å². The van der Waals surface area contributed by atoms with E-state index in [0.717, 1.165) is 13.0 Å². The maximum absolute atomic E-state index is 11.4. The molecule has 0 unspecified atom stereocenters. The minimum absolute atomic E-state index is 0.0810. The van der Waals surface area contributed by atoms with E-state index in [2.05, 4.69) is 43.0 Å². The Balaban J connectivity index is 2.32. The van der Waals surface area contributed by atoms with E-state index in [1.165, 1.54) is 17.7 Å². The van der Waals surface area contributed by atoms with E-state index in [0.29, 0.717) is 6.42 Å². The van der Waals surface area contributed by atoms with Crippen LogP contribution in [0.5, 0.6) is 0 Å². The molecule has 0 aliphatic carbocycles. The Labute approximate surface area is 104 Å². The Morgan fingerprint density at radius 3 is 2.76 bits per heavy atom. The zero-order valence-corrected chi connectivity index (χ0v) is 11.0. The van der Waals surface area contributed by atoms with E-state index in [9.17, 15) is 4.79 Å². The SMILES string of the molecule is CC(=O)CC(C)(C)N1CCCc2ccccc21. The van der Waals surface area contributed by atoms with Gasteiger partial charge in [0.25, 0.3) is 0 Å². The fourth-order valence-electron chi connectivity index (χ4n) is 2.87. The number of rotatable bonds is 3. The van der Waals surface area contributed by atoms with Gasteiger partial charge in [0.1, 0.15) is 5.78 Å². The first kappa shape index (κ1) is 12.2. The predicted octanol–water partition coefficient (Wildman–Crippen LogP) is 3.20. The van der Waals surface area contributed by atoms with Crippen molar-refractivity contribution in [3.05, 3.63) is 29.8 Å². The number of hydrogen-bond donors (Lipinski definition) is 0. The monoisotopic (exact) mass is 231 g/mol. The molecule has 2 rings (SSSR count). The molecule has 0 amide bonds. The highest BCUT2D eigenvalue weighted by Gasteiger charge is 2.31. The standard InChI is InChI=1S/C15H21NO/c1-12(17)11-15(2,3)16-10-6-8-13-7-4-5-9-14(13)16/h4-5,7,9H,6,8,10-11H2,1-3H3. The quantitative estimate of drug-likeness (QED) is 0.796. The Morgan fingerprint density at radius 2 is 2.06 bits per heavy atom. The molecule has 0 N–H and O–H groups in total. The molecule has 1 heterocycles. The minimum atomic E-state index is -0.0810. The summed E-state index contributed by atoms with van der Waals surface area (Å²) in [6.07, 6.45) is 2.95. The van der Waals surface area contributed by atoms with Gasteiger partial charge in [-0.3, -0.25) is 4.79 Å². The summed E-state index contributed by atoms with van der Waals surface area (Å²) >= 11 is 0. The summed E-state index contributed by atoms with van der Waals surface area (Å²) in [5.41, 5.74) is 2.64. The number of carbonyl (C=O) groups excluding carboxylic acids is 1. The molecule has 0 radical (unpaired) electrons. The minimum Gasteiger partial charge on any atom is -0.366 e. The van der Waals surface area contributed by atoms with Crippen molar-refractivity contribution in [3.63, 3.8) is 0 Å². The van der Waals surface area contributed by atoms with Gasteiger partial charge in [0.05, 0.1) is 0 Å². The third-order valence-electron chi connectivity index (χ3n) is 3.52. The topological polar surface area (TPSA) is 20.3 Å². The molecule has 0 saturated heterocycles. The van der Waals surface area contributed by atoms with Crippen LogP contribution in [0.1, 0.15) is 39.2 Å². The highest BCUT2D eigenvalue weighted by atomic mass is 16.1. The molecule has 0 spiro atoms. The molecule has 2 nitrogen and oxygen atoms in total. The van der Waals surface area contributed by atoms with E-state index in [4.69, 9.17) is 0 Å². The summed E-state index contributed by atoms with van der Waals surface area (Å²) in [6, 6.07) is 8.56. The number of para-hydroxylation sites is 1. The van der Waals surface area contributed by atoms with Gasteiger partial charge >= 0.3 is 0 Å². The molecule has 0 atom stereocenters. The largest absolute Gasteiger partial charge is 0.366 e. The summed E-state index contributed by atoms with van der Waals surface area (Å²) in [6.45, 7) is 7.06. The molecule has 0 bridgehead atoms. The van der Waals surface area contributed by atoms with Crippen LogP contribution in [0.3, 0.4) is 0 Å². The fraction of sp³-hybridized carbons (Fsp3) is 0.533. The number of Topliss-reactive ketones (excluding diaryl/α,β-unsaturated/α-hetero) is 1. The fourth-order valence-corrected chi connectivity index (χ4v) is 2.87. The molecule has 0 saturated carbocycles. The lowest BCUT2D eigenvalue weighted by atomic mass is 9.90. The number of nitrogens with zero attached hydrogens (tertiary/aromatic N) is 1. The van der Waals surface area contributed by atoms with Crippen molar-refractivity contribution in [1.82, 2.24) is 0 Å². The van der Waals surface area contributed by atoms with Crippen molar-refractivity contribution in [3.8, 4) is 0 Å². The average Bonchev–Trinajstić information content (AvgIpc) is 2.26. The lowest BCUT2D eigenvalue weighted by molar-refractivity contribution is -0.117. The maximum Gasteiger partial charge on any atom is 0.132 e. The molecule has 1 aromatic rings. The van der Waals surface area contributed by atoms with Crippen LogP contribution in [0.2, 0.25) is 0 Å². The predicted molar refractivity (Wildman–Crippen MR) is 71.5 cm³/mol. The first-order valence-electron chi connectivity index (χ1n) is 6.36. The first-order valence-corrected chi connectivity index (χ1v) is 6.36. The summed E-state index contributed by atoms with van der Waals surface area (Å²) in [5, 5.41) is 0. The van der Waals surface area contributed by atoms with Crippen molar-refractivity contribution < 1.29 is 4.79 Å². The number of benzene rings is 1. The van der Waals surface area contributed by atoms with E-state index < -0.39 is 0 Å². The molecule has 2 heteroatoms. The summed E-state index contributed by atoms with van der Waals surface area (Å²) in [5.74, 6) is 0.262. The number of carbonyl (C=O) groups is 1. The van der Waals surface area contributed by atoms with Crippen LogP contribution >= 0.6 is 0 Å². The number of hydrogen-bond acceptors (Lipinski definition) is 2. The van der Waals surface area contributed by atoms with Crippen LogP contribution in [-0.4, -0.2) is 17.9 Å². The highest BCUT2D eigenvalue weighted by molar-refractivity contribution is 5.77. The van der Waals surface area contributed by atoms with E-state index in [-0.39, 0.29) is 11.3 Å². The molecule has 0 aromatic heterocycles. The highest BCUT2D eigenvalue weighted by Crippen LogP contribution is 2.33. The van der Waals surface area contributed by atoms with Crippen molar-refractivity contribution in [2.24, 2.45) is 0 Å². The normalized spacial score (nSPS) is 15.6. The second-order valence-electron chi connectivity index (χ2n) is 5.58. The Morgan fingerprint density at radius 1 is 1.35 bits per heavy atom. The lowest BCUT2D eigenvalue weighted by Gasteiger charge is -2.43. The van der Waals surface area contributed by atoms with Gasteiger partial charge in [0.2, 0.25) is 0 Å². The number of aryl methyl sites for hydroxylation is 1. The van der Waals surface area contributed by atoms with E-state index >= 15 is 0 Å². The zero-order chi connectivity index (χ0) is 12.5. The third kappa shape index (κ3) is 2.51. The summed E-state index contributed by atoms with van der Waals surface area (Å²) in [4.78, 5) is 13.8. The maximum atomic E-state index is 11.4. The van der Waals surface area contributed by atoms with E-state index in [1.807, 2.05) is 0 Å². The second kappa shape index (κ2) is 4.52. The van der Waals surface area contributed by atoms with Crippen molar-refractivity contribution in [2.45, 2.75) is 45.6 Å². The van der Waals surface area contributed by atoms with Crippen LogP contribution in [-0.2, 0) is 11.2 Å². The van der Waals surface area contributed by atoms with Gasteiger partial charge in [-0.15, -0.1) is 0 Å². The summed E-state index contributed by atoms with van der Waals surface area (Å²) in [7, 11) is 0. The first-order chi connectivity index (χ1) is 8.00. The van der Waals surface area contributed by atoms with Gasteiger partial charge in [-0.2, -0.15) is 0 Å². The molecule has 1 aromatic carbocycles. The van der Waals surface area contributed by atoms with Gasteiger partial charge in [-0.25, -0.2) is 0 Å². The van der Waals surface area contributed by atoms with Crippen molar-refractivity contribution >= 4 is 11.5 Å². The van der Waals surface area contributed by atoms with Crippen LogP contribution in [0, 0.1) is 0 Å². The summed E-state index contributed by atoms with van der Waals surface area (Å²) < 4.78 is 0. The molecule has 0 fully saturated rings. The molecular formula is C15H21NO. The zero-order valence-electron chi connectivity index (χ0n) is 11.0. The third-order valence-corrected chi connectivity index (χ3v) is 3.52. The molecular weight excluding hydrogens is 210 g/mol. The number of ketones is 1. The van der Waals surface area contributed by atoms with E-state index in [1.54, 1.807) is 6.92 Å². The van der Waals surface area contributed by atoms with Crippen molar-refractivity contribution in [2.75, 3.05) is 11.4 Å². The smallest absolute Gasteiger partial charge is 0.132 e. The molecule has 92 valence electrons. The van der Waals surface area contributed by atoms with Gasteiger partial charge in [0.15, 0.2) is 0 Å². The van der Waals surface area contributed by atoms with Gasteiger partial charge in [0, 0.05) is 24.2 Å². The van der Waals surface area contributed by atoms with Crippen LogP contribution in [0.15, 0.2) is 24.3 Å². The lowest BCUT2D eigenvalue weighted by Crippen LogP contribution is -2.47. The second-order valence-corrected chi connectivity index (χ2v) is 5.58. The number of fused-ring (bicyclic) bond motifs is 1. The van der Waals surface area contributed by atoms with Gasteiger partial charge < -0.3 is 4.90 Å². The van der Waals surface area contributed by atoms with Crippen LogP contribution in [0.4, 0.5) is 5.69 Å². The van der Waals surface area contributed by atoms with Crippen LogP contribution in [0.25, 0.3) is 0 Å². The Bertz CT molecular complexity index is 423. The van der Waals surface area contributed by atoms with Crippen molar-refractivity contribution in [1.29, 1.82) is 0 Å². The average molecular weight is 231 g/mol. The Kier molecular flexibility index (Phi) is 3.23. The molecule has 1 aliphatic rings. The molecule has 17 heavy (non-hydrogen) atoms. The Hall–Kier alpha value is -1.31. The van der Waals surface area contributed by atoms with Crippen LogP contribution < -0.4 is 4.90 Å².